The van der Waals surface area contributed by atoms with Crippen LogP contribution in [0.3, 0.4) is 0 Å². The molecule has 0 spiro atoms. The highest BCUT2D eigenvalue weighted by atomic mass is 16.5. The van der Waals surface area contributed by atoms with Crippen LogP contribution in [-0.4, -0.2) is 23.0 Å². The first kappa shape index (κ1) is 36.5. The lowest BCUT2D eigenvalue weighted by molar-refractivity contribution is 0.224. The minimum absolute atomic E-state index is 0.0248. The summed E-state index contributed by atoms with van der Waals surface area (Å²) < 4.78 is 13.2. The van der Waals surface area contributed by atoms with E-state index in [0.717, 1.165) is 50.9 Å². The Morgan fingerprint density at radius 1 is 0.736 bits per heavy atom. The van der Waals surface area contributed by atoms with Crippen molar-refractivity contribution < 1.29 is 9.47 Å². The lowest BCUT2D eigenvalue weighted by Gasteiger charge is -2.42. The van der Waals surface area contributed by atoms with Crippen LogP contribution in [0.15, 0.2) is 84.0 Å². The summed E-state index contributed by atoms with van der Waals surface area (Å²) in [6.45, 7) is 29.4. The molecule has 3 heterocycles. The fourth-order valence-electron chi connectivity index (χ4n) is 7.99. The first-order valence-corrected chi connectivity index (χ1v) is 19.0. The Morgan fingerprint density at radius 3 is 2.06 bits per heavy atom. The number of hydrogen-bond donors (Lipinski definition) is 0. The molecule has 1 aromatic heterocycles. The van der Waals surface area contributed by atoms with Crippen LogP contribution in [0.2, 0.25) is 0 Å². The fourth-order valence-corrected chi connectivity index (χ4v) is 7.99. The van der Waals surface area contributed by atoms with Gasteiger partial charge in [0.15, 0.2) is 0 Å². The molecular formula is C48H55N3O2. The second-order valence-corrected chi connectivity index (χ2v) is 17.7. The summed E-state index contributed by atoms with van der Waals surface area (Å²) in [6.07, 6.45) is 1.98. The molecule has 0 saturated heterocycles. The minimum atomic E-state index is -0.274. The number of aromatic nitrogens is 1. The normalized spacial score (nSPS) is 17.7. The smallest absolute Gasteiger partial charge is 0.216 e. The van der Waals surface area contributed by atoms with E-state index in [9.17, 15) is 0 Å². The molecule has 1 atom stereocenters. The maximum absolute atomic E-state index is 6.90. The second kappa shape index (κ2) is 12.9. The third-order valence-corrected chi connectivity index (χ3v) is 11.4. The largest absolute Gasteiger partial charge is 0.475 e. The number of aryl methyl sites for hydroxylation is 5. The van der Waals surface area contributed by atoms with Gasteiger partial charge in [-0.05, 0) is 140 Å². The number of fused-ring (bicyclic) bond motifs is 2. The third-order valence-electron chi connectivity index (χ3n) is 11.4. The first-order chi connectivity index (χ1) is 24.8. The van der Waals surface area contributed by atoms with E-state index in [2.05, 4.69) is 168 Å². The van der Waals surface area contributed by atoms with Crippen molar-refractivity contribution in [3.05, 3.63) is 129 Å². The number of benzene rings is 4. The van der Waals surface area contributed by atoms with Crippen LogP contribution in [0.4, 0.5) is 17.2 Å². The SMILES string of the molecule is Cc1cc(Oc2cc(C3=N[C@](C)(C(C)C)CO3)cc(-c3c(C)cc(C)cc3C)c2)cc(N2c3ccc(C(C)(C)C)cc3C(C)(C)c3cc(C)cnc32)c1. The maximum Gasteiger partial charge on any atom is 0.216 e. The third kappa shape index (κ3) is 6.64. The Bertz CT molecular complexity index is 2270. The summed E-state index contributed by atoms with van der Waals surface area (Å²) in [5.74, 6) is 3.46. The first-order valence-electron chi connectivity index (χ1n) is 19.0. The van der Waals surface area contributed by atoms with Crippen molar-refractivity contribution in [3.8, 4) is 22.6 Å². The lowest BCUT2D eigenvalue weighted by Crippen LogP contribution is -2.32. The average molecular weight is 706 g/mol. The van der Waals surface area contributed by atoms with Gasteiger partial charge in [0.05, 0.1) is 16.9 Å². The van der Waals surface area contributed by atoms with Crippen LogP contribution in [0.5, 0.6) is 11.5 Å². The standard InChI is InChI=1S/C48H55N3O2/c1-28(2)48(13)27-52-45(50-48)35-21-34(43-32(6)16-29(3)17-33(43)7)22-39(23-35)53-38-19-30(4)18-37(25-38)51-42-15-14-36(46(8,9)10)24-40(42)47(11,12)41-20-31(5)26-49-44(41)51/h14-26,28H,27H2,1-13H3/t48-/m0/s1. The predicted molar refractivity (Wildman–Crippen MR) is 221 cm³/mol. The van der Waals surface area contributed by atoms with Gasteiger partial charge >= 0.3 is 0 Å². The van der Waals surface area contributed by atoms with Crippen LogP contribution in [0.1, 0.15) is 105 Å². The fraction of sp³-hybridized carbons (Fsp3) is 0.375. The zero-order valence-corrected chi connectivity index (χ0v) is 33.9. The number of aliphatic imine (C=N–C) groups is 1. The van der Waals surface area contributed by atoms with Crippen molar-refractivity contribution in [2.24, 2.45) is 10.9 Å². The number of nitrogens with zero attached hydrogens (tertiary/aromatic N) is 3. The van der Waals surface area contributed by atoms with E-state index in [1.54, 1.807) is 0 Å². The van der Waals surface area contributed by atoms with E-state index in [-0.39, 0.29) is 16.4 Å². The van der Waals surface area contributed by atoms with Gasteiger partial charge in [0.1, 0.15) is 23.9 Å². The van der Waals surface area contributed by atoms with E-state index in [1.807, 2.05) is 6.20 Å². The van der Waals surface area contributed by atoms with Crippen LogP contribution in [-0.2, 0) is 15.6 Å². The number of anilines is 3. The molecule has 5 heteroatoms. The summed E-state index contributed by atoms with van der Waals surface area (Å²) >= 11 is 0. The van der Waals surface area contributed by atoms with E-state index in [0.29, 0.717) is 18.4 Å². The topological polar surface area (TPSA) is 47.0 Å². The van der Waals surface area contributed by atoms with Crippen LogP contribution >= 0.6 is 0 Å². The molecule has 4 aromatic carbocycles. The molecular weight excluding hydrogens is 651 g/mol. The molecule has 0 bridgehead atoms. The Labute approximate surface area is 317 Å². The van der Waals surface area contributed by atoms with Gasteiger partial charge in [-0.3, -0.25) is 4.90 Å². The van der Waals surface area contributed by atoms with Crippen LogP contribution in [0, 0.1) is 40.5 Å². The number of rotatable bonds is 6. The highest BCUT2D eigenvalue weighted by Crippen LogP contribution is 2.52. The maximum atomic E-state index is 6.90. The molecule has 53 heavy (non-hydrogen) atoms. The molecule has 0 aliphatic carbocycles. The number of hydrogen-bond acceptors (Lipinski definition) is 5. The van der Waals surface area contributed by atoms with Gasteiger partial charge in [0.2, 0.25) is 5.90 Å². The Morgan fingerprint density at radius 2 is 1.40 bits per heavy atom. The van der Waals surface area contributed by atoms with Crippen molar-refractivity contribution in [2.75, 3.05) is 11.5 Å². The Hall–Kier alpha value is -4.90. The molecule has 7 rings (SSSR count). The van der Waals surface area contributed by atoms with Gasteiger partial charge in [-0.2, -0.15) is 0 Å². The van der Waals surface area contributed by atoms with Gasteiger partial charge in [0.25, 0.3) is 0 Å². The predicted octanol–water partition coefficient (Wildman–Crippen LogP) is 12.7. The average Bonchev–Trinajstić information content (AvgIpc) is 3.47. The van der Waals surface area contributed by atoms with Gasteiger partial charge in [-0.15, -0.1) is 0 Å². The van der Waals surface area contributed by atoms with Crippen molar-refractivity contribution in [1.82, 2.24) is 4.98 Å². The molecule has 5 aromatic rings. The quantitative estimate of drug-likeness (QED) is 0.176. The molecule has 2 aliphatic heterocycles. The lowest BCUT2D eigenvalue weighted by atomic mass is 9.72. The molecule has 0 saturated carbocycles. The Balaban J connectivity index is 1.37. The monoisotopic (exact) mass is 705 g/mol. The Kier molecular flexibility index (Phi) is 8.87. The van der Waals surface area contributed by atoms with Crippen molar-refractivity contribution in [3.63, 3.8) is 0 Å². The minimum Gasteiger partial charge on any atom is -0.475 e. The molecule has 0 amide bonds. The summed E-state index contributed by atoms with van der Waals surface area (Å²) in [6, 6.07) is 26.7. The summed E-state index contributed by atoms with van der Waals surface area (Å²) in [5.41, 5.74) is 14.7. The van der Waals surface area contributed by atoms with Crippen molar-refractivity contribution in [1.29, 1.82) is 0 Å². The van der Waals surface area contributed by atoms with Gasteiger partial charge in [0, 0.05) is 28.8 Å². The highest BCUT2D eigenvalue weighted by Gasteiger charge is 2.39. The molecule has 0 N–H and O–H groups in total. The highest BCUT2D eigenvalue weighted by molar-refractivity contribution is 5.97. The zero-order chi connectivity index (χ0) is 38.2. The van der Waals surface area contributed by atoms with Crippen LogP contribution in [0.25, 0.3) is 11.1 Å². The van der Waals surface area contributed by atoms with Crippen molar-refractivity contribution >= 4 is 23.1 Å². The molecule has 5 nitrogen and oxygen atoms in total. The molecule has 0 radical (unpaired) electrons. The summed E-state index contributed by atoms with van der Waals surface area (Å²) in [7, 11) is 0. The van der Waals surface area contributed by atoms with E-state index in [1.165, 1.54) is 38.9 Å². The van der Waals surface area contributed by atoms with Gasteiger partial charge in [-0.1, -0.05) is 78.3 Å². The van der Waals surface area contributed by atoms with Crippen LogP contribution < -0.4 is 9.64 Å². The van der Waals surface area contributed by atoms with E-state index < -0.39 is 0 Å². The molecule has 274 valence electrons. The second-order valence-electron chi connectivity index (χ2n) is 17.7. The van der Waals surface area contributed by atoms with Crippen molar-refractivity contribution in [2.45, 2.75) is 106 Å². The molecule has 0 fully saturated rings. The molecule has 2 aliphatic rings. The number of ether oxygens (including phenoxy) is 2. The van der Waals surface area contributed by atoms with Gasteiger partial charge < -0.3 is 9.47 Å². The number of pyridine rings is 1. The molecule has 0 unspecified atom stereocenters. The van der Waals surface area contributed by atoms with Gasteiger partial charge in [-0.25, -0.2) is 9.98 Å². The van der Waals surface area contributed by atoms with E-state index >= 15 is 0 Å². The zero-order valence-electron chi connectivity index (χ0n) is 33.9. The summed E-state index contributed by atoms with van der Waals surface area (Å²) in [4.78, 5) is 12.5. The van der Waals surface area contributed by atoms with E-state index in [4.69, 9.17) is 19.5 Å². The summed E-state index contributed by atoms with van der Waals surface area (Å²) in [5, 5.41) is 0.